The Bertz CT molecular complexity index is 1390. The number of carboxylic acids is 1. The molecule has 7 heteroatoms. The topological polar surface area (TPSA) is 93.5 Å². The Balaban J connectivity index is 1.33. The highest BCUT2D eigenvalue weighted by molar-refractivity contribution is 6.05. The summed E-state index contributed by atoms with van der Waals surface area (Å²) in [5, 5.41) is 17.8. The van der Waals surface area contributed by atoms with Crippen LogP contribution in [0.5, 0.6) is 5.75 Å². The van der Waals surface area contributed by atoms with Crippen LogP contribution in [0.1, 0.15) is 41.6 Å². The largest absolute Gasteiger partial charge is 0.497 e. The maximum absolute atomic E-state index is 13.2. The van der Waals surface area contributed by atoms with Crippen molar-refractivity contribution in [3.8, 4) is 16.9 Å². The number of hydrogen-bond acceptors (Lipinski definition) is 4. The van der Waals surface area contributed by atoms with Gasteiger partial charge >= 0.3 is 5.97 Å². The van der Waals surface area contributed by atoms with Crippen LogP contribution in [0.15, 0.2) is 72.9 Å². The molecule has 1 heterocycles. The van der Waals surface area contributed by atoms with Crippen molar-refractivity contribution < 1.29 is 19.4 Å². The van der Waals surface area contributed by atoms with Gasteiger partial charge in [0.25, 0.3) is 5.91 Å². The van der Waals surface area contributed by atoms with Gasteiger partial charge in [-0.3, -0.25) is 14.3 Å². The molecule has 0 bridgehead atoms. The second-order valence-corrected chi connectivity index (χ2v) is 9.33. The first kappa shape index (κ1) is 23.6. The van der Waals surface area contributed by atoms with E-state index in [9.17, 15) is 14.7 Å². The van der Waals surface area contributed by atoms with E-state index < -0.39 is 5.97 Å². The number of amides is 1. The molecule has 5 rings (SSSR count). The van der Waals surface area contributed by atoms with E-state index in [-0.39, 0.29) is 17.9 Å². The average molecular weight is 484 g/mol. The van der Waals surface area contributed by atoms with Gasteiger partial charge in [0.05, 0.1) is 36.8 Å². The van der Waals surface area contributed by atoms with Crippen LogP contribution in [0, 0.1) is 5.92 Å². The van der Waals surface area contributed by atoms with Crippen molar-refractivity contribution in [2.45, 2.75) is 38.3 Å². The van der Waals surface area contributed by atoms with Crippen molar-refractivity contribution in [1.82, 2.24) is 15.1 Å². The quantitative estimate of drug-likeness (QED) is 0.380. The first-order chi connectivity index (χ1) is 17.5. The molecule has 2 N–H and O–H groups in total. The van der Waals surface area contributed by atoms with Crippen LogP contribution in [-0.2, 0) is 11.3 Å². The number of para-hydroxylation sites is 1. The maximum atomic E-state index is 13.2. The van der Waals surface area contributed by atoms with Crippen LogP contribution >= 0.6 is 0 Å². The molecule has 0 spiro atoms. The zero-order chi connectivity index (χ0) is 25.1. The second kappa shape index (κ2) is 10.2. The average Bonchev–Trinajstić information content (AvgIpc) is 3.32. The number of nitrogens with one attached hydrogen (secondary N) is 1. The van der Waals surface area contributed by atoms with E-state index in [1.807, 2.05) is 41.1 Å². The molecule has 0 radical (unpaired) electrons. The van der Waals surface area contributed by atoms with Gasteiger partial charge in [0.15, 0.2) is 0 Å². The molecule has 1 amide bonds. The third-order valence-electron chi connectivity index (χ3n) is 7.01. The molecule has 0 saturated heterocycles. The lowest BCUT2D eigenvalue weighted by Gasteiger charge is -2.27. The maximum Gasteiger partial charge on any atom is 0.306 e. The molecular weight excluding hydrogens is 454 g/mol. The summed E-state index contributed by atoms with van der Waals surface area (Å²) >= 11 is 0. The number of aliphatic carboxylic acids is 1. The third-order valence-corrected chi connectivity index (χ3v) is 7.01. The number of methoxy groups -OCH3 is 1. The molecule has 1 aromatic heterocycles. The lowest BCUT2D eigenvalue weighted by Crippen LogP contribution is -2.38. The van der Waals surface area contributed by atoms with Crippen molar-refractivity contribution in [2.24, 2.45) is 5.92 Å². The van der Waals surface area contributed by atoms with Crippen LogP contribution in [0.4, 0.5) is 0 Å². The molecule has 4 aromatic rings. The predicted molar refractivity (Wildman–Crippen MR) is 138 cm³/mol. The number of ether oxygens (including phenoxy) is 1. The van der Waals surface area contributed by atoms with Crippen molar-refractivity contribution in [3.05, 3.63) is 84.1 Å². The van der Waals surface area contributed by atoms with Crippen molar-refractivity contribution in [2.75, 3.05) is 7.11 Å². The molecule has 7 nitrogen and oxygen atoms in total. The van der Waals surface area contributed by atoms with Crippen LogP contribution in [0.2, 0.25) is 0 Å². The fraction of sp³-hybridized carbons (Fsp3) is 0.276. The number of fused-ring (bicyclic) bond motifs is 1. The summed E-state index contributed by atoms with van der Waals surface area (Å²) in [7, 11) is 1.66. The number of rotatable bonds is 7. The number of aromatic nitrogens is 2. The standard InChI is InChI=1S/C29H29N3O4/c1-36-25-6-2-4-22(16-25)20-10-8-19(9-11-20)18-32-27-23(17-30-32)5-3-7-26(27)28(33)31-24-14-12-21(13-15-24)29(34)35/h2-11,16-17,21,24H,12-15,18H2,1H3,(H,31,33)(H,34,35). The lowest BCUT2D eigenvalue weighted by atomic mass is 9.86. The van der Waals surface area contributed by atoms with Gasteiger partial charge in [-0.15, -0.1) is 0 Å². The minimum atomic E-state index is -0.745. The van der Waals surface area contributed by atoms with Gasteiger partial charge in [0, 0.05) is 11.4 Å². The van der Waals surface area contributed by atoms with E-state index in [1.54, 1.807) is 13.3 Å². The summed E-state index contributed by atoms with van der Waals surface area (Å²) in [6.45, 7) is 0.538. The molecule has 0 atom stereocenters. The van der Waals surface area contributed by atoms with E-state index >= 15 is 0 Å². The minimum absolute atomic E-state index is 0.0103. The molecule has 1 aliphatic carbocycles. The summed E-state index contributed by atoms with van der Waals surface area (Å²) in [6, 6.07) is 21.9. The summed E-state index contributed by atoms with van der Waals surface area (Å²) in [4.78, 5) is 24.4. The van der Waals surface area contributed by atoms with Crippen LogP contribution in [0.3, 0.4) is 0 Å². The van der Waals surface area contributed by atoms with Gasteiger partial charge in [-0.25, -0.2) is 0 Å². The highest BCUT2D eigenvalue weighted by Crippen LogP contribution is 2.27. The highest BCUT2D eigenvalue weighted by atomic mass is 16.5. The Morgan fingerprint density at radius 1 is 1.00 bits per heavy atom. The molecule has 0 unspecified atom stereocenters. The molecular formula is C29H29N3O4. The third kappa shape index (κ3) is 4.96. The van der Waals surface area contributed by atoms with E-state index in [0.29, 0.717) is 37.8 Å². The fourth-order valence-electron chi connectivity index (χ4n) is 4.97. The lowest BCUT2D eigenvalue weighted by molar-refractivity contribution is -0.142. The molecule has 36 heavy (non-hydrogen) atoms. The van der Waals surface area contributed by atoms with E-state index in [2.05, 4.69) is 40.7 Å². The number of carbonyl (C=O) groups excluding carboxylic acids is 1. The van der Waals surface area contributed by atoms with Crippen molar-refractivity contribution in [3.63, 3.8) is 0 Å². The Kier molecular flexibility index (Phi) is 6.71. The first-order valence-corrected chi connectivity index (χ1v) is 12.2. The summed E-state index contributed by atoms with van der Waals surface area (Å²) in [5.74, 6) is -0.377. The predicted octanol–water partition coefficient (Wildman–Crippen LogP) is 5.13. The number of nitrogens with zero attached hydrogens (tertiary/aromatic N) is 2. The Morgan fingerprint density at radius 3 is 2.47 bits per heavy atom. The van der Waals surface area contributed by atoms with E-state index in [1.165, 1.54) is 0 Å². The Labute approximate surface area is 209 Å². The zero-order valence-corrected chi connectivity index (χ0v) is 20.2. The van der Waals surface area contributed by atoms with Crippen molar-refractivity contribution >= 4 is 22.8 Å². The van der Waals surface area contributed by atoms with Crippen LogP contribution in [-0.4, -0.2) is 39.9 Å². The molecule has 1 saturated carbocycles. The summed E-state index contributed by atoms with van der Waals surface area (Å²) in [5.41, 5.74) is 4.64. The normalized spacial score (nSPS) is 17.6. The Morgan fingerprint density at radius 2 is 1.75 bits per heavy atom. The van der Waals surface area contributed by atoms with E-state index in [4.69, 9.17) is 4.74 Å². The molecule has 184 valence electrons. The summed E-state index contributed by atoms with van der Waals surface area (Å²) < 4.78 is 7.20. The zero-order valence-electron chi connectivity index (χ0n) is 20.2. The summed E-state index contributed by atoms with van der Waals surface area (Å²) in [6.07, 6.45) is 4.33. The fourth-order valence-corrected chi connectivity index (χ4v) is 4.97. The van der Waals surface area contributed by atoms with E-state index in [0.717, 1.165) is 33.3 Å². The van der Waals surface area contributed by atoms with Gasteiger partial charge in [-0.2, -0.15) is 5.10 Å². The monoisotopic (exact) mass is 483 g/mol. The molecule has 0 aliphatic heterocycles. The number of carboxylic acid groups (broad SMARTS) is 1. The van der Waals surface area contributed by atoms with Gasteiger partial charge in [-0.05, 0) is 60.6 Å². The molecule has 1 aliphatic rings. The van der Waals surface area contributed by atoms with Gasteiger partial charge < -0.3 is 15.2 Å². The van der Waals surface area contributed by atoms with Crippen LogP contribution in [0.25, 0.3) is 22.0 Å². The van der Waals surface area contributed by atoms with Crippen molar-refractivity contribution in [1.29, 1.82) is 0 Å². The smallest absolute Gasteiger partial charge is 0.306 e. The van der Waals surface area contributed by atoms with Gasteiger partial charge in [0.2, 0.25) is 0 Å². The van der Waals surface area contributed by atoms with Gasteiger partial charge in [0.1, 0.15) is 5.75 Å². The van der Waals surface area contributed by atoms with Gasteiger partial charge in [-0.1, -0.05) is 48.5 Å². The molecule has 1 fully saturated rings. The Hall–Kier alpha value is -4.13. The number of carbonyl (C=O) groups is 2. The SMILES string of the molecule is COc1cccc(-c2ccc(Cn3ncc4cccc(C(=O)NC5CCC(C(=O)O)CC5)c43)cc2)c1. The molecule has 3 aromatic carbocycles. The first-order valence-electron chi connectivity index (χ1n) is 12.2. The minimum Gasteiger partial charge on any atom is -0.497 e. The highest BCUT2D eigenvalue weighted by Gasteiger charge is 2.27. The van der Waals surface area contributed by atoms with Crippen LogP contribution < -0.4 is 10.1 Å². The second-order valence-electron chi connectivity index (χ2n) is 9.33. The number of hydrogen-bond donors (Lipinski definition) is 2. The number of benzene rings is 3.